The van der Waals surface area contributed by atoms with Gasteiger partial charge in [-0.2, -0.15) is 0 Å². The summed E-state index contributed by atoms with van der Waals surface area (Å²) in [5.74, 6) is 0. The highest BCUT2D eigenvalue weighted by molar-refractivity contribution is 5.25. The molecule has 1 fully saturated rings. The highest BCUT2D eigenvalue weighted by Gasteiger charge is 2.30. The number of likely N-dealkylation sites (N-methyl/N-ethyl adjacent to an activating group) is 1. The minimum atomic E-state index is -0.410. The van der Waals surface area contributed by atoms with Gasteiger partial charge >= 0.3 is 0 Å². The molecule has 0 bridgehead atoms. The highest BCUT2D eigenvalue weighted by Crippen LogP contribution is 2.24. The molecule has 0 amide bonds. The van der Waals surface area contributed by atoms with Gasteiger partial charge < -0.3 is 10.0 Å². The zero-order chi connectivity index (χ0) is 14.7. The van der Waals surface area contributed by atoms with Crippen LogP contribution in [0.4, 0.5) is 0 Å². The Labute approximate surface area is 123 Å². The first-order chi connectivity index (χ1) is 9.52. The molecule has 112 valence electrons. The number of aliphatic hydroxyl groups excluding tert-OH is 1. The van der Waals surface area contributed by atoms with Crippen molar-refractivity contribution in [3.05, 3.63) is 35.4 Å². The molecule has 3 nitrogen and oxygen atoms in total. The smallest absolute Gasteiger partial charge is 0.0942 e. The second kappa shape index (κ2) is 6.70. The Morgan fingerprint density at radius 2 is 1.90 bits per heavy atom. The molecule has 3 heteroatoms. The molecule has 3 unspecified atom stereocenters. The van der Waals surface area contributed by atoms with E-state index in [9.17, 15) is 5.11 Å². The van der Waals surface area contributed by atoms with E-state index in [1.165, 1.54) is 5.56 Å². The van der Waals surface area contributed by atoms with Crippen molar-refractivity contribution in [2.24, 2.45) is 0 Å². The molecular formula is C17H28N2O. The minimum absolute atomic E-state index is 0.158. The van der Waals surface area contributed by atoms with E-state index in [4.69, 9.17) is 0 Å². The summed E-state index contributed by atoms with van der Waals surface area (Å²) in [4.78, 5) is 4.79. The van der Waals surface area contributed by atoms with Gasteiger partial charge in [0.1, 0.15) is 0 Å². The van der Waals surface area contributed by atoms with Crippen LogP contribution in [0.1, 0.15) is 38.0 Å². The highest BCUT2D eigenvalue weighted by atomic mass is 16.3. The summed E-state index contributed by atoms with van der Waals surface area (Å²) >= 11 is 0. The quantitative estimate of drug-likeness (QED) is 0.914. The maximum absolute atomic E-state index is 10.6. The number of piperazine rings is 1. The van der Waals surface area contributed by atoms with Crippen LogP contribution in [0.5, 0.6) is 0 Å². The molecule has 1 aromatic rings. The molecule has 1 aliphatic heterocycles. The summed E-state index contributed by atoms with van der Waals surface area (Å²) in [6, 6.07) is 9.04. The van der Waals surface area contributed by atoms with Gasteiger partial charge in [-0.3, -0.25) is 4.90 Å². The number of benzene rings is 1. The molecule has 1 N–H and O–H groups in total. The van der Waals surface area contributed by atoms with E-state index in [0.29, 0.717) is 6.04 Å². The van der Waals surface area contributed by atoms with Crippen LogP contribution >= 0.6 is 0 Å². The molecule has 3 atom stereocenters. The molecule has 0 aliphatic carbocycles. The largest absolute Gasteiger partial charge is 0.387 e. The van der Waals surface area contributed by atoms with E-state index in [-0.39, 0.29) is 6.04 Å². The molecule has 2 rings (SSSR count). The van der Waals surface area contributed by atoms with Gasteiger partial charge in [-0.15, -0.1) is 0 Å². The maximum atomic E-state index is 10.6. The molecule has 0 aromatic heterocycles. The van der Waals surface area contributed by atoms with Crippen molar-refractivity contribution in [2.75, 3.05) is 26.7 Å². The lowest BCUT2D eigenvalue weighted by Crippen LogP contribution is -2.54. The van der Waals surface area contributed by atoms with E-state index in [1.807, 2.05) is 0 Å². The number of rotatable bonds is 4. The summed E-state index contributed by atoms with van der Waals surface area (Å²) in [7, 11) is 2.17. The van der Waals surface area contributed by atoms with Crippen molar-refractivity contribution in [3.63, 3.8) is 0 Å². The molecule has 1 aliphatic rings. The van der Waals surface area contributed by atoms with Crippen molar-refractivity contribution >= 4 is 0 Å². The lowest BCUT2D eigenvalue weighted by molar-refractivity contribution is 0.00199. The SMILES string of the molecule is CCc1ccc(C(O)C(C)N2CCN(C)CC2C)cc1. The van der Waals surface area contributed by atoms with Crippen molar-refractivity contribution in [3.8, 4) is 0 Å². The number of aliphatic hydroxyl groups is 1. The van der Waals surface area contributed by atoms with Crippen molar-refractivity contribution in [1.82, 2.24) is 9.80 Å². The predicted octanol–water partition coefficient (Wildman–Crippen LogP) is 2.31. The van der Waals surface area contributed by atoms with Crippen LogP contribution in [-0.4, -0.2) is 53.7 Å². The fraction of sp³-hybridized carbons (Fsp3) is 0.647. The van der Waals surface area contributed by atoms with Crippen LogP contribution in [0, 0.1) is 0 Å². The van der Waals surface area contributed by atoms with Crippen LogP contribution in [-0.2, 0) is 6.42 Å². The third kappa shape index (κ3) is 3.40. The molecular weight excluding hydrogens is 248 g/mol. The summed E-state index contributed by atoms with van der Waals surface area (Å²) < 4.78 is 0. The Kier molecular flexibility index (Phi) is 5.19. The Hall–Kier alpha value is -0.900. The van der Waals surface area contributed by atoms with Crippen molar-refractivity contribution in [1.29, 1.82) is 0 Å². The second-order valence-corrected chi connectivity index (χ2v) is 6.13. The van der Waals surface area contributed by atoms with E-state index in [0.717, 1.165) is 31.6 Å². The van der Waals surface area contributed by atoms with Crippen LogP contribution in [0.25, 0.3) is 0 Å². The molecule has 1 heterocycles. The first kappa shape index (κ1) is 15.5. The number of nitrogens with zero attached hydrogens (tertiary/aromatic N) is 2. The second-order valence-electron chi connectivity index (χ2n) is 6.13. The van der Waals surface area contributed by atoms with Gasteiger partial charge in [-0.25, -0.2) is 0 Å². The Bertz CT molecular complexity index is 418. The zero-order valence-corrected chi connectivity index (χ0v) is 13.2. The molecule has 0 saturated carbocycles. The van der Waals surface area contributed by atoms with Crippen molar-refractivity contribution < 1.29 is 5.11 Å². The predicted molar refractivity (Wildman–Crippen MR) is 83.9 cm³/mol. The zero-order valence-electron chi connectivity index (χ0n) is 13.2. The lowest BCUT2D eigenvalue weighted by Gasteiger charge is -2.43. The van der Waals surface area contributed by atoms with Gasteiger partial charge in [0.15, 0.2) is 0 Å². The minimum Gasteiger partial charge on any atom is -0.387 e. The number of hydrogen-bond donors (Lipinski definition) is 1. The van der Waals surface area contributed by atoms with E-state index in [2.05, 4.69) is 61.9 Å². The van der Waals surface area contributed by atoms with Gasteiger partial charge in [0.25, 0.3) is 0 Å². The summed E-state index contributed by atoms with van der Waals surface area (Å²) in [5, 5.41) is 10.6. The van der Waals surface area contributed by atoms with E-state index >= 15 is 0 Å². The first-order valence-corrected chi connectivity index (χ1v) is 7.74. The summed E-state index contributed by atoms with van der Waals surface area (Å²) in [5.41, 5.74) is 2.35. The van der Waals surface area contributed by atoms with Crippen LogP contribution in [0.3, 0.4) is 0 Å². The maximum Gasteiger partial charge on any atom is 0.0942 e. The number of hydrogen-bond acceptors (Lipinski definition) is 3. The molecule has 1 aromatic carbocycles. The standard InChI is InChI=1S/C17H28N2O/c1-5-15-6-8-16(9-7-15)17(20)14(3)19-11-10-18(4)12-13(19)2/h6-9,13-14,17,20H,5,10-12H2,1-4H3. The first-order valence-electron chi connectivity index (χ1n) is 7.74. The molecule has 20 heavy (non-hydrogen) atoms. The third-order valence-corrected chi connectivity index (χ3v) is 4.59. The molecule has 0 radical (unpaired) electrons. The van der Waals surface area contributed by atoms with Crippen LogP contribution in [0.15, 0.2) is 24.3 Å². The third-order valence-electron chi connectivity index (χ3n) is 4.59. The Morgan fingerprint density at radius 1 is 1.25 bits per heavy atom. The number of aryl methyl sites for hydroxylation is 1. The summed E-state index contributed by atoms with van der Waals surface area (Å²) in [6.45, 7) is 9.73. The van der Waals surface area contributed by atoms with Crippen LogP contribution < -0.4 is 0 Å². The van der Waals surface area contributed by atoms with Crippen LogP contribution in [0.2, 0.25) is 0 Å². The fourth-order valence-electron chi connectivity index (χ4n) is 3.17. The van der Waals surface area contributed by atoms with Gasteiger partial charge in [-0.1, -0.05) is 31.2 Å². The fourth-order valence-corrected chi connectivity index (χ4v) is 3.17. The van der Waals surface area contributed by atoms with Crippen molar-refractivity contribution in [2.45, 2.75) is 45.4 Å². The molecule has 1 saturated heterocycles. The van der Waals surface area contributed by atoms with Gasteiger partial charge in [-0.05, 0) is 38.4 Å². The van der Waals surface area contributed by atoms with E-state index in [1.54, 1.807) is 0 Å². The summed E-state index contributed by atoms with van der Waals surface area (Å²) in [6.07, 6.45) is 0.633. The molecule has 0 spiro atoms. The van der Waals surface area contributed by atoms with E-state index < -0.39 is 6.10 Å². The topological polar surface area (TPSA) is 26.7 Å². The Morgan fingerprint density at radius 3 is 2.45 bits per heavy atom. The van der Waals surface area contributed by atoms with Gasteiger partial charge in [0.05, 0.1) is 6.10 Å². The lowest BCUT2D eigenvalue weighted by atomic mass is 9.98. The monoisotopic (exact) mass is 276 g/mol. The average Bonchev–Trinajstić information content (AvgIpc) is 2.46. The normalized spacial score (nSPS) is 24.6. The van der Waals surface area contributed by atoms with Gasteiger partial charge in [0, 0.05) is 31.7 Å². The van der Waals surface area contributed by atoms with Gasteiger partial charge in [0.2, 0.25) is 0 Å². The Balaban J connectivity index is 2.05. The average molecular weight is 276 g/mol.